The van der Waals surface area contributed by atoms with Crippen LogP contribution in [-0.4, -0.2) is 39.3 Å². The summed E-state index contributed by atoms with van der Waals surface area (Å²) in [4.78, 5) is 13.4. The van der Waals surface area contributed by atoms with Crippen molar-refractivity contribution >= 4 is 21.6 Å². The van der Waals surface area contributed by atoms with E-state index in [1.165, 1.54) is 4.31 Å². The van der Waals surface area contributed by atoms with Crippen LogP contribution in [0, 0.1) is 0 Å². The summed E-state index contributed by atoms with van der Waals surface area (Å²) < 4.78 is 37.8. The van der Waals surface area contributed by atoms with Crippen molar-refractivity contribution in [2.24, 2.45) is 0 Å². The first-order chi connectivity index (χ1) is 14.6. The molecule has 1 heterocycles. The Morgan fingerprint density at radius 3 is 2.52 bits per heavy atom. The van der Waals surface area contributed by atoms with E-state index in [9.17, 15) is 13.2 Å². The lowest BCUT2D eigenvalue weighted by Crippen LogP contribution is -2.51. The van der Waals surface area contributed by atoms with E-state index in [0.717, 1.165) is 11.8 Å². The van der Waals surface area contributed by atoms with Crippen LogP contribution in [0.25, 0.3) is 0 Å². The number of hydrogen-bond acceptors (Lipinski definition) is 5. The Morgan fingerprint density at radius 1 is 1.26 bits per heavy atom. The van der Waals surface area contributed by atoms with Crippen LogP contribution in [-0.2, 0) is 14.8 Å². The van der Waals surface area contributed by atoms with Gasteiger partial charge >= 0.3 is 0 Å². The number of methoxy groups -OCH3 is 1. The van der Waals surface area contributed by atoms with E-state index >= 15 is 0 Å². The fraction of sp³-hybridized carbons (Fsp3) is 0.435. The maximum atomic E-state index is 13.4. The molecule has 0 aliphatic carbocycles. The summed E-state index contributed by atoms with van der Waals surface area (Å²) in [5.74, 6) is 0.971. The van der Waals surface area contributed by atoms with Crippen LogP contribution in [0.4, 0.5) is 5.69 Å². The number of para-hydroxylation sites is 1. The van der Waals surface area contributed by atoms with Crippen molar-refractivity contribution in [2.45, 2.75) is 51.3 Å². The molecule has 2 aromatic carbocycles. The van der Waals surface area contributed by atoms with E-state index in [0.29, 0.717) is 30.0 Å². The summed E-state index contributed by atoms with van der Waals surface area (Å²) >= 11 is 0. The molecular weight excluding hydrogens is 416 g/mol. The Hall–Kier alpha value is -2.74. The maximum Gasteiger partial charge on any atom is 0.244 e. The average Bonchev–Trinajstić information content (AvgIpc) is 2.70. The molecule has 1 N–H and O–H groups in total. The van der Waals surface area contributed by atoms with Crippen LogP contribution < -0.4 is 19.1 Å². The minimum absolute atomic E-state index is 0.316. The lowest BCUT2D eigenvalue weighted by molar-refractivity contribution is -0.123. The zero-order chi connectivity index (χ0) is 22.8. The van der Waals surface area contributed by atoms with Gasteiger partial charge in [0.25, 0.3) is 0 Å². The Balaban J connectivity index is 1.93. The zero-order valence-corrected chi connectivity index (χ0v) is 19.4. The third kappa shape index (κ3) is 5.12. The van der Waals surface area contributed by atoms with Crippen LogP contribution in [0.15, 0.2) is 48.5 Å². The highest BCUT2D eigenvalue weighted by molar-refractivity contribution is 7.92. The lowest BCUT2D eigenvalue weighted by atomic mass is 9.89. The van der Waals surface area contributed by atoms with Crippen molar-refractivity contribution in [3.05, 3.63) is 54.1 Å². The topological polar surface area (TPSA) is 84.9 Å². The van der Waals surface area contributed by atoms with Crippen LogP contribution in [0.5, 0.6) is 11.5 Å². The van der Waals surface area contributed by atoms with Gasteiger partial charge in [-0.05, 0) is 44.5 Å². The van der Waals surface area contributed by atoms with Gasteiger partial charge in [-0.3, -0.25) is 9.10 Å². The first kappa shape index (κ1) is 22.9. The van der Waals surface area contributed by atoms with Crippen molar-refractivity contribution in [2.75, 3.05) is 17.7 Å². The summed E-state index contributed by atoms with van der Waals surface area (Å²) in [7, 11) is -2.09. The second-order valence-corrected chi connectivity index (χ2v) is 10.2. The van der Waals surface area contributed by atoms with E-state index in [1.807, 2.05) is 26.0 Å². The molecule has 7 nitrogen and oxygen atoms in total. The largest absolute Gasteiger partial charge is 0.497 e. The van der Waals surface area contributed by atoms with Gasteiger partial charge in [-0.1, -0.05) is 25.1 Å². The summed E-state index contributed by atoms with van der Waals surface area (Å²) in [6.45, 7) is 5.72. The Kier molecular flexibility index (Phi) is 6.50. The van der Waals surface area contributed by atoms with Gasteiger partial charge in [-0.25, -0.2) is 8.42 Å². The Morgan fingerprint density at radius 2 is 1.94 bits per heavy atom. The number of amides is 1. The van der Waals surface area contributed by atoms with E-state index in [4.69, 9.17) is 9.47 Å². The van der Waals surface area contributed by atoms with Gasteiger partial charge in [0.15, 0.2) is 0 Å². The molecule has 31 heavy (non-hydrogen) atoms. The van der Waals surface area contributed by atoms with E-state index in [1.54, 1.807) is 50.4 Å². The summed E-state index contributed by atoms with van der Waals surface area (Å²) in [6.07, 6.45) is 2.00. The number of carbonyl (C=O) groups excluding carboxylic acids is 1. The number of hydrogen-bond donors (Lipinski definition) is 1. The first-order valence-corrected chi connectivity index (χ1v) is 12.1. The Bertz CT molecular complexity index is 1040. The van der Waals surface area contributed by atoms with E-state index < -0.39 is 21.7 Å². The molecule has 0 saturated heterocycles. The molecule has 0 fully saturated rings. The van der Waals surface area contributed by atoms with Crippen molar-refractivity contribution < 1.29 is 22.7 Å². The minimum Gasteiger partial charge on any atom is -0.497 e. The first-order valence-electron chi connectivity index (χ1n) is 10.3. The quantitative estimate of drug-likeness (QED) is 0.702. The van der Waals surface area contributed by atoms with Gasteiger partial charge in [0.1, 0.15) is 23.1 Å². The molecule has 0 aromatic heterocycles. The molecule has 0 unspecified atom stereocenters. The molecule has 2 aromatic rings. The Labute approximate surface area is 184 Å². The monoisotopic (exact) mass is 446 g/mol. The summed E-state index contributed by atoms with van der Waals surface area (Å²) in [5, 5.41) is 3.08. The third-order valence-corrected chi connectivity index (χ3v) is 6.51. The fourth-order valence-electron chi connectivity index (χ4n) is 3.99. The highest BCUT2D eigenvalue weighted by atomic mass is 32.2. The highest BCUT2D eigenvalue weighted by Gasteiger charge is 2.38. The summed E-state index contributed by atoms with van der Waals surface area (Å²) in [6, 6.07) is 13.0. The van der Waals surface area contributed by atoms with Crippen LogP contribution in [0.2, 0.25) is 0 Å². The smallest absolute Gasteiger partial charge is 0.244 e. The van der Waals surface area contributed by atoms with Gasteiger partial charge in [0, 0.05) is 18.1 Å². The van der Waals surface area contributed by atoms with Crippen LogP contribution in [0.1, 0.15) is 45.2 Å². The number of nitrogens with zero attached hydrogens (tertiary/aromatic N) is 1. The molecule has 0 saturated carbocycles. The average molecular weight is 447 g/mol. The zero-order valence-electron chi connectivity index (χ0n) is 18.6. The fourth-order valence-corrected chi connectivity index (χ4v) is 5.20. The number of benzene rings is 2. The molecule has 0 spiro atoms. The number of carbonyl (C=O) groups is 1. The van der Waals surface area contributed by atoms with Gasteiger partial charge in [0.2, 0.25) is 15.9 Å². The van der Waals surface area contributed by atoms with Gasteiger partial charge in [-0.2, -0.15) is 0 Å². The molecular formula is C23H30N2O5S. The predicted molar refractivity (Wildman–Crippen MR) is 121 cm³/mol. The maximum absolute atomic E-state index is 13.4. The van der Waals surface area contributed by atoms with Crippen LogP contribution >= 0.6 is 0 Å². The SMILES string of the molecule is CC[C@@H](C(=O)N[C@@H]1CC(C)(C)Oc2cc(OC)ccc21)N(c1ccccc1)S(C)(=O)=O. The van der Waals surface area contributed by atoms with Crippen molar-refractivity contribution in [3.63, 3.8) is 0 Å². The predicted octanol–water partition coefficient (Wildman–Crippen LogP) is 3.66. The molecule has 168 valence electrons. The number of fused-ring (bicyclic) bond motifs is 1. The van der Waals surface area contributed by atoms with Crippen LogP contribution in [0.3, 0.4) is 0 Å². The van der Waals surface area contributed by atoms with Crippen molar-refractivity contribution in [1.82, 2.24) is 5.32 Å². The number of nitrogens with one attached hydrogen (secondary N) is 1. The molecule has 1 amide bonds. The van der Waals surface area contributed by atoms with Crippen molar-refractivity contribution in [3.8, 4) is 11.5 Å². The normalized spacial score (nSPS) is 18.3. The molecule has 0 bridgehead atoms. The van der Waals surface area contributed by atoms with Gasteiger partial charge in [0.05, 0.1) is 25.1 Å². The second-order valence-electron chi connectivity index (χ2n) is 8.35. The molecule has 1 aliphatic rings. The highest BCUT2D eigenvalue weighted by Crippen LogP contribution is 2.41. The number of rotatable bonds is 7. The number of sulfonamides is 1. The third-order valence-electron chi connectivity index (χ3n) is 5.33. The standard InChI is InChI=1S/C23H30N2O5S/c1-6-20(25(31(5,27)28)16-10-8-7-9-11-16)22(26)24-19-15-23(2,3)30-21-14-17(29-4)12-13-18(19)21/h7-14,19-20H,6,15H2,1-5H3,(H,24,26)/t19-,20+/m1/s1. The van der Waals surface area contributed by atoms with Gasteiger partial charge < -0.3 is 14.8 Å². The second kappa shape index (κ2) is 8.78. The summed E-state index contributed by atoms with van der Waals surface area (Å²) in [5.41, 5.74) is 0.799. The molecule has 8 heteroatoms. The number of anilines is 1. The molecule has 3 rings (SSSR count). The number of ether oxygens (including phenoxy) is 2. The van der Waals surface area contributed by atoms with E-state index in [-0.39, 0.29) is 11.9 Å². The van der Waals surface area contributed by atoms with Gasteiger partial charge in [-0.15, -0.1) is 0 Å². The lowest BCUT2D eigenvalue weighted by Gasteiger charge is -2.39. The minimum atomic E-state index is -3.68. The molecule has 2 atom stereocenters. The van der Waals surface area contributed by atoms with Crippen molar-refractivity contribution in [1.29, 1.82) is 0 Å². The van der Waals surface area contributed by atoms with E-state index in [2.05, 4.69) is 5.32 Å². The molecule has 0 radical (unpaired) electrons. The molecule has 1 aliphatic heterocycles.